The van der Waals surface area contributed by atoms with Crippen LogP contribution < -0.4 is 13.8 Å². The number of nitrogens with zero attached hydrogens (tertiary/aromatic N) is 3. The first-order valence-electron chi connectivity index (χ1n) is 7.70. The number of benzene rings is 2. The minimum Gasteiger partial charge on any atom is -0.497 e. The van der Waals surface area contributed by atoms with Gasteiger partial charge in [0.05, 0.1) is 25.2 Å². The topological polar surface area (TPSA) is 47.5 Å². The lowest BCUT2D eigenvalue weighted by Crippen LogP contribution is -2.15. The van der Waals surface area contributed by atoms with Crippen LogP contribution in [0.2, 0.25) is 0 Å². The average Bonchev–Trinajstić information content (AvgIpc) is 3.23. The highest BCUT2D eigenvalue weighted by molar-refractivity contribution is 9.10. The number of ether oxygens (including phenoxy) is 2. The molecule has 0 bridgehead atoms. The van der Waals surface area contributed by atoms with Gasteiger partial charge in [-0.05, 0) is 40.0 Å². The minimum atomic E-state index is -1.03. The summed E-state index contributed by atoms with van der Waals surface area (Å²) in [7, 11) is 3.05. The molecular weight excluding hydrogens is 479 g/mol. The highest BCUT2D eigenvalue weighted by Crippen LogP contribution is 2.38. The number of halogens is 4. The van der Waals surface area contributed by atoms with Crippen LogP contribution in [0.25, 0.3) is 0 Å². The second kappa shape index (κ2) is 9.01. The quantitative estimate of drug-likeness (QED) is 0.249. The zero-order valence-corrected chi connectivity index (χ0v) is 17.8. The van der Waals surface area contributed by atoms with Crippen LogP contribution in [0, 0.1) is 17.5 Å². The Kier molecular flexibility index (Phi) is 6.68. The van der Waals surface area contributed by atoms with Crippen molar-refractivity contribution in [3.63, 3.8) is 0 Å². The lowest BCUT2D eigenvalue weighted by molar-refractivity contribution is 0.391. The van der Waals surface area contributed by atoms with E-state index in [2.05, 4.69) is 25.3 Å². The van der Waals surface area contributed by atoms with Crippen molar-refractivity contribution in [2.45, 2.75) is 11.4 Å². The summed E-state index contributed by atoms with van der Waals surface area (Å²) in [6, 6.07) is 5.85. The van der Waals surface area contributed by atoms with Crippen LogP contribution in [0.5, 0.6) is 11.5 Å². The molecule has 0 spiro atoms. The van der Waals surface area contributed by atoms with Crippen molar-refractivity contribution in [1.29, 1.82) is 0 Å². The third-order valence-corrected chi connectivity index (χ3v) is 6.26. The van der Waals surface area contributed by atoms with Gasteiger partial charge in [0, 0.05) is 29.2 Å². The van der Waals surface area contributed by atoms with E-state index in [1.165, 1.54) is 20.5 Å². The molecule has 0 aliphatic heterocycles. The Balaban J connectivity index is 1.98. The van der Waals surface area contributed by atoms with Gasteiger partial charge in [-0.1, -0.05) is 0 Å². The maximum Gasteiger partial charge on any atom is 0.215 e. The molecule has 28 heavy (non-hydrogen) atoms. The molecule has 3 rings (SSSR count). The molecule has 3 aromatic rings. The molecule has 0 saturated heterocycles. The fraction of sp³-hybridized carbons (Fsp3) is 0.176. The zero-order valence-electron chi connectivity index (χ0n) is 14.6. The average molecular weight is 492 g/mol. The molecule has 0 aliphatic rings. The Morgan fingerprint density at radius 3 is 2.57 bits per heavy atom. The molecule has 1 aromatic heterocycles. The monoisotopic (exact) mass is 491 g/mol. The van der Waals surface area contributed by atoms with Gasteiger partial charge in [0.15, 0.2) is 5.82 Å². The van der Waals surface area contributed by atoms with E-state index < -0.39 is 21.9 Å². The predicted molar refractivity (Wildman–Crippen MR) is 106 cm³/mol. The van der Waals surface area contributed by atoms with E-state index in [1.54, 1.807) is 22.5 Å². The molecule has 0 atom stereocenters. The fourth-order valence-electron chi connectivity index (χ4n) is 2.30. The summed E-state index contributed by atoms with van der Waals surface area (Å²) in [5.41, 5.74) is 0.730. The van der Waals surface area contributed by atoms with Crippen LogP contribution in [-0.4, -0.2) is 23.6 Å². The normalized spacial score (nSPS) is 10.8. The van der Waals surface area contributed by atoms with Gasteiger partial charge in [-0.2, -0.15) is 4.37 Å². The van der Waals surface area contributed by atoms with E-state index in [9.17, 15) is 13.2 Å². The third-order valence-electron chi connectivity index (χ3n) is 3.64. The Morgan fingerprint density at radius 1 is 1.14 bits per heavy atom. The van der Waals surface area contributed by atoms with Crippen LogP contribution in [0.15, 0.2) is 40.0 Å². The van der Waals surface area contributed by atoms with Crippen molar-refractivity contribution in [3.05, 3.63) is 58.1 Å². The van der Waals surface area contributed by atoms with Crippen LogP contribution in [0.3, 0.4) is 0 Å². The first-order valence-corrected chi connectivity index (χ1v) is 10.0. The van der Waals surface area contributed by atoms with Crippen LogP contribution in [-0.2, 0) is 6.54 Å². The van der Waals surface area contributed by atoms with Crippen molar-refractivity contribution < 1.29 is 22.6 Å². The molecule has 0 unspecified atom stereocenters. The fourth-order valence-corrected chi connectivity index (χ4v) is 4.27. The number of methoxy groups -OCH3 is 2. The van der Waals surface area contributed by atoms with Crippen molar-refractivity contribution in [2.24, 2.45) is 0 Å². The molecule has 0 fully saturated rings. The summed E-state index contributed by atoms with van der Waals surface area (Å²) in [6.07, 6.45) is 1.34. The summed E-state index contributed by atoms with van der Waals surface area (Å²) in [4.78, 5) is 3.75. The molecule has 11 heteroatoms. The second-order valence-electron chi connectivity index (χ2n) is 5.33. The smallest absolute Gasteiger partial charge is 0.215 e. The summed E-state index contributed by atoms with van der Waals surface area (Å²) >= 11 is 4.61. The maximum absolute atomic E-state index is 14.5. The standard InChI is InChI=1S/C17H13BrF3N3O2S2/c1-25-10-4-3-9(13(5-10)26-2)7-24(17-22-8-23-27-17)28-16-12(20)6-11(19)14(18)15(16)21/h3-6,8H,7H2,1-2H3. The van der Waals surface area contributed by atoms with E-state index in [0.717, 1.165) is 29.0 Å². The second-order valence-corrected chi connectivity index (χ2v) is 7.91. The number of rotatable bonds is 7. The number of hydrogen-bond acceptors (Lipinski definition) is 7. The van der Waals surface area contributed by atoms with Gasteiger partial charge >= 0.3 is 0 Å². The van der Waals surface area contributed by atoms with E-state index in [4.69, 9.17) is 9.47 Å². The highest BCUT2D eigenvalue weighted by atomic mass is 79.9. The van der Waals surface area contributed by atoms with Gasteiger partial charge in [-0.25, -0.2) is 18.2 Å². The molecule has 0 aliphatic carbocycles. The summed E-state index contributed by atoms with van der Waals surface area (Å²) in [5.74, 6) is -1.91. The van der Waals surface area contributed by atoms with E-state index in [-0.39, 0.29) is 11.4 Å². The first-order chi connectivity index (χ1) is 13.4. The summed E-state index contributed by atoms with van der Waals surface area (Å²) < 4.78 is 57.9. The molecule has 0 N–H and O–H groups in total. The van der Waals surface area contributed by atoms with Crippen molar-refractivity contribution in [3.8, 4) is 11.5 Å². The Labute approximate surface area is 175 Å². The maximum atomic E-state index is 14.5. The van der Waals surface area contributed by atoms with Gasteiger partial charge < -0.3 is 9.47 Å². The lowest BCUT2D eigenvalue weighted by Gasteiger charge is -2.22. The van der Waals surface area contributed by atoms with Crippen LogP contribution in [0.4, 0.5) is 18.3 Å². The minimum absolute atomic E-state index is 0.195. The molecule has 0 radical (unpaired) electrons. The predicted octanol–water partition coefficient (Wildman–Crippen LogP) is 5.45. The third kappa shape index (κ3) is 4.36. The van der Waals surface area contributed by atoms with Gasteiger partial charge in [-0.15, -0.1) is 0 Å². The number of anilines is 1. The van der Waals surface area contributed by atoms with Gasteiger partial charge in [0.2, 0.25) is 5.13 Å². The molecule has 2 aromatic carbocycles. The first kappa shape index (κ1) is 20.7. The van der Waals surface area contributed by atoms with Crippen LogP contribution in [0.1, 0.15) is 5.56 Å². The van der Waals surface area contributed by atoms with Crippen molar-refractivity contribution in [2.75, 3.05) is 18.5 Å². The molecular formula is C17H13BrF3N3O2S2. The van der Waals surface area contributed by atoms with Crippen molar-refractivity contribution >= 4 is 44.5 Å². The molecule has 0 saturated carbocycles. The van der Waals surface area contributed by atoms with Crippen LogP contribution >= 0.6 is 39.4 Å². The van der Waals surface area contributed by atoms with Gasteiger partial charge in [-0.3, -0.25) is 4.31 Å². The van der Waals surface area contributed by atoms with Crippen molar-refractivity contribution in [1.82, 2.24) is 9.36 Å². The summed E-state index contributed by atoms with van der Waals surface area (Å²) in [6.45, 7) is 0.195. The number of hydrogen-bond donors (Lipinski definition) is 0. The highest BCUT2D eigenvalue weighted by Gasteiger charge is 2.23. The van der Waals surface area contributed by atoms with E-state index in [1.807, 2.05) is 0 Å². The van der Waals surface area contributed by atoms with E-state index in [0.29, 0.717) is 22.7 Å². The zero-order chi connectivity index (χ0) is 20.3. The SMILES string of the molecule is COc1ccc(CN(Sc2c(F)cc(F)c(Br)c2F)c2ncns2)c(OC)c1. The van der Waals surface area contributed by atoms with E-state index >= 15 is 0 Å². The summed E-state index contributed by atoms with van der Waals surface area (Å²) in [5, 5.41) is 0.419. The lowest BCUT2D eigenvalue weighted by atomic mass is 10.2. The largest absolute Gasteiger partial charge is 0.497 e. The Bertz CT molecular complexity index is 977. The Morgan fingerprint density at radius 2 is 1.93 bits per heavy atom. The molecule has 1 heterocycles. The van der Waals surface area contributed by atoms with Gasteiger partial charge in [0.1, 0.15) is 34.4 Å². The van der Waals surface area contributed by atoms with Gasteiger partial charge in [0.25, 0.3) is 0 Å². The molecule has 0 amide bonds. The molecule has 148 valence electrons. The number of aromatic nitrogens is 2. The molecule has 5 nitrogen and oxygen atoms in total. The Hall–Kier alpha value is -1.98.